The van der Waals surface area contributed by atoms with Gasteiger partial charge in [-0.2, -0.15) is 0 Å². The molecule has 0 aromatic carbocycles. The van der Waals surface area contributed by atoms with Gasteiger partial charge in [0.15, 0.2) is 0 Å². The van der Waals surface area contributed by atoms with Crippen molar-refractivity contribution < 1.29 is 14.6 Å². The Morgan fingerprint density at radius 2 is 2.18 bits per heavy atom. The standard InChI is InChI=1S/C13H23NO3/c15-6-2-12-1-5-14(9-12)10-13(11-16)3-7-17-8-4-13/h11-12,15H,1-10H2. The molecule has 2 aliphatic rings. The predicted molar refractivity (Wildman–Crippen MR) is 64.8 cm³/mol. The smallest absolute Gasteiger partial charge is 0.127 e. The summed E-state index contributed by atoms with van der Waals surface area (Å²) in [5.74, 6) is 0.614. The van der Waals surface area contributed by atoms with Crippen molar-refractivity contribution in [2.75, 3.05) is 39.5 Å². The molecular weight excluding hydrogens is 218 g/mol. The fourth-order valence-electron chi connectivity index (χ4n) is 3.01. The second-order valence-electron chi connectivity index (χ2n) is 5.49. The number of ether oxygens (including phenoxy) is 1. The molecule has 0 amide bonds. The highest BCUT2D eigenvalue weighted by Crippen LogP contribution is 2.31. The Balaban J connectivity index is 1.85. The van der Waals surface area contributed by atoms with Gasteiger partial charge in [0, 0.05) is 38.3 Å². The number of aliphatic hydroxyl groups is 1. The van der Waals surface area contributed by atoms with E-state index in [0.717, 1.165) is 51.6 Å². The van der Waals surface area contributed by atoms with Crippen LogP contribution in [0.5, 0.6) is 0 Å². The Morgan fingerprint density at radius 1 is 1.41 bits per heavy atom. The number of hydrogen-bond acceptors (Lipinski definition) is 4. The second kappa shape index (κ2) is 5.94. The van der Waals surface area contributed by atoms with Crippen LogP contribution < -0.4 is 0 Å². The minimum absolute atomic E-state index is 0.174. The van der Waals surface area contributed by atoms with Gasteiger partial charge in [0.25, 0.3) is 0 Å². The molecule has 4 nitrogen and oxygen atoms in total. The number of nitrogens with zero attached hydrogens (tertiary/aromatic N) is 1. The zero-order valence-electron chi connectivity index (χ0n) is 10.4. The average molecular weight is 241 g/mol. The molecule has 2 fully saturated rings. The molecule has 2 saturated heterocycles. The summed E-state index contributed by atoms with van der Waals surface area (Å²) >= 11 is 0. The summed E-state index contributed by atoms with van der Waals surface area (Å²) in [5.41, 5.74) is -0.174. The summed E-state index contributed by atoms with van der Waals surface area (Å²) in [6.45, 7) is 4.70. The van der Waals surface area contributed by atoms with E-state index in [1.54, 1.807) is 0 Å². The third kappa shape index (κ3) is 3.27. The molecule has 0 spiro atoms. The molecule has 98 valence electrons. The first kappa shape index (κ1) is 13.0. The lowest BCUT2D eigenvalue weighted by Gasteiger charge is -2.35. The van der Waals surface area contributed by atoms with Crippen molar-refractivity contribution in [1.29, 1.82) is 0 Å². The van der Waals surface area contributed by atoms with E-state index in [1.165, 1.54) is 0 Å². The molecule has 0 radical (unpaired) electrons. The van der Waals surface area contributed by atoms with E-state index in [9.17, 15) is 4.79 Å². The average Bonchev–Trinajstić information content (AvgIpc) is 2.78. The summed E-state index contributed by atoms with van der Waals surface area (Å²) in [7, 11) is 0. The number of hydrogen-bond donors (Lipinski definition) is 1. The van der Waals surface area contributed by atoms with E-state index in [1.807, 2.05) is 0 Å². The maximum absolute atomic E-state index is 11.4. The Morgan fingerprint density at radius 3 is 2.82 bits per heavy atom. The SMILES string of the molecule is O=CC1(CN2CCC(CCO)C2)CCOCC1. The van der Waals surface area contributed by atoms with Crippen LogP contribution >= 0.6 is 0 Å². The zero-order chi connectivity index (χ0) is 12.1. The minimum Gasteiger partial charge on any atom is -0.396 e. The Bertz CT molecular complexity index is 251. The van der Waals surface area contributed by atoms with Crippen molar-refractivity contribution in [1.82, 2.24) is 4.90 Å². The van der Waals surface area contributed by atoms with Crippen molar-refractivity contribution in [3.05, 3.63) is 0 Å². The molecule has 2 rings (SSSR count). The molecule has 0 bridgehead atoms. The molecule has 2 aliphatic heterocycles. The van der Waals surface area contributed by atoms with Crippen LogP contribution in [0.1, 0.15) is 25.7 Å². The van der Waals surface area contributed by atoms with Gasteiger partial charge in [-0.15, -0.1) is 0 Å². The van der Waals surface area contributed by atoms with Crippen molar-refractivity contribution >= 4 is 6.29 Å². The van der Waals surface area contributed by atoms with Crippen molar-refractivity contribution in [3.63, 3.8) is 0 Å². The van der Waals surface area contributed by atoms with E-state index in [-0.39, 0.29) is 12.0 Å². The Hall–Kier alpha value is -0.450. The molecule has 2 heterocycles. The molecule has 4 heteroatoms. The number of aliphatic hydroxyl groups excluding tert-OH is 1. The summed E-state index contributed by atoms with van der Waals surface area (Å²) in [4.78, 5) is 13.7. The van der Waals surface area contributed by atoms with Crippen LogP contribution in [0.15, 0.2) is 0 Å². The largest absolute Gasteiger partial charge is 0.396 e. The maximum Gasteiger partial charge on any atom is 0.127 e. The quantitative estimate of drug-likeness (QED) is 0.719. The highest BCUT2D eigenvalue weighted by atomic mass is 16.5. The summed E-state index contributed by atoms with van der Waals surface area (Å²) in [6.07, 6.45) is 4.92. The number of likely N-dealkylation sites (tertiary alicyclic amines) is 1. The van der Waals surface area contributed by atoms with Crippen LogP contribution in [0.4, 0.5) is 0 Å². The van der Waals surface area contributed by atoms with E-state index in [2.05, 4.69) is 4.90 Å². The first-order chi connectivity index (χ1) is 8.28. The normalized spacial score (nSPS) is 29.4. The topological polar surface area (TPSA) is 49.8 Å². The van der Waals surface area contributed by atoms with E-state index >= 15 is 0 Å². The van der Waals surface area contributed by atoms with Crippen LogP contribution in [-0.2, 0) is 9.53 Å². The summed E-state index contributed by atoms with van der Waals surface area (Å²) < 4.78 is 5.34. The molecule has 1 atom stereocenters. The summed E-state index contributed by atoms with van der Waals surface area (Å²) in [6, 6.07) is 0. The minimum atomic E-state index is -0.174. The first-order valence-corrected chi connectivity index (χ1v) is 6.65. The van der Waals surface area contributed by atoms with E-state index in [0.29, 0.717) is 19.1 Å². The fraction of sp³-hybridized carbons (Fsp3) is 0.923. The second-order valence-corrected chi connectivity index (χ2v) is 5.49. The maximum atomic E-state index is 11.4. The molecule has 1 N–H and O–H groups in total. The number of carbonyl (C=O) groups is 1. The molecular formula is C13H23NO3. The zero-order valence-corrected chi connectivity index (χ0v) is 10.4. The van der Waals surface area contributed by atoms with Crippen LogP contribution in [0.25, 0.3) is 0 Å². The molecule has 0 saturated carbocycles. The van der Waals surface area contributed by atoms with Crippen molar-refractivity contribution in [2.45, 2.75) is 25.7 Å². The lowest BCUT2D eigenvalue weighted by atomic mass is 9.81. The van der Waals surface area contributed by atoms with Crippen LogP contribution in [0, 0.1) is 11.3 Å². The van der Waals surface area contributed by atoms with Crippen molar-refractivity contribution in [3.8, 4) is 0 Å². The number of rotatable bonds is 5. The monoisotopic (exact) mass is 241 g/mol. The molecule has 0 aliphatic carbocycles. The van der Waals surface area contributed by atoms with E-state index in [4.69, 9.17) is 9.84 Å². The lowest BCUT2D eigenvalue weighted by molar-refractivity contribution is -0.122. The van der Waals surface area contributed by atoms with Gasteiger partial charge in [0.1, 0.15) is 6.29 Å². The van der Waals surface area contributed by atoms with E-state index < -0.39 is 0 Å². The predicted octanol–water partition coefficient (Wildman–Crippen LogP) is 0.686. The lowest BCUT2D eigenvalue weighted by Crippen LogP contribution is -2.41. The van der Waals surface area contributed by atoms with Gasteiger partial charge in [0.2, 0.25) is 0 Å². The highest BCUT2D eigenvalue weighted by molar-refractivity contribution is 5.60. The van der Waals surface area contributed by atoms with Gasteiger partial charge in [-0.3, -0.25) is 0 Å². The summed E-state index contributed by atoms with van der Waals surface area (Å²) in [5, 5.41) is 8.94. The Labute approximate surface area is 103 Å². The third-order valence-corrected chi connectivity index (χ3v) is 4.18. The number of carbonyl (C=O) groups excluding carboxylic acids is 1. The van der Waals surface area contributed by atoms with Crippen LogP contribution in [0.3, 0.4) is 0 Å². The molecule has 0 aromatic heterocycles. The van der Waals surface area contributed by atoms with Crippen molar-refractivity contribution in [2.24, 2.45) is 11.3 Å². The van der Waals surface area contributed by atoms with Gasteiger partial charge >= 0.3 is 0 Å². The molecule has 17 heavy (non-hydrogen) atoms. The first-order valence-electron chi connectivity index (χ1n) is 6.65. The van der Waals surface area contributed by atoms with Gasteiger partial charge in [-0.25, -0.2) is 0 Å². The number of aldehydes is 1. The third-order valence-electron chi connectivity index (χ3n) is 4.18. The van der Waals surface area contributed by atoms with Gasteiger partial charge in [-0.05, 0) is 38.1 Å². The van der Waals surface area contributed by atoms with Gasteiger partial charge < -0.3 is 19.5 Å². The van der Waals surface area contributed by atoms with Crippen LogP contribution in [-0.4, -0.2) is 55.7 Å². The van der Waals surface area contributed by atoms with Gasteiger partial charge in [-0.1, -0.05) is 0 Å². The van der Waals surface area contributed by atoms with Crippen LogP contribution in [0.2, 0.25) is 0 Å². The highest BCUT2D eigenvalue weighted by Gasteiger charge is 2.36. The Kier molecular flexibility index (Phi) is 4.54. The van der Waals surface area contributed by atoms with Gasteiger partial charge in [0.05, 0.1) is 0 Å². The molecule has 0 aromatic rings. The molecule has 1 unspecified atom stereocenters. The fourth-order valence-corrected chi connectivity index (χ4v) is 3.01.